The van der Waals surface area contributed by atoms with Gasteiger partial charge in [-0.3, -0.25) is 23.5 Å². The molecule has 0 aromatic carbocycles. The van der Waals surface area contributed by atoms with Gasteiger partial charge in [-0.25, -0.2) is 14.2 Å². The molecule has 29 heavy (non-hydrogen) atoms. The lowest BCUT2D eigenvalue weighted by Gasteiger charge is -2.26. The topological polar surface area (TPSA) is 149 Å². The molecule has 2 aromatic rings. The van der Waals surface area contributed by atoms with Gasteiger partial charge in [0.1, 0.15) is 5.69 Å². The molecule has 2 N–H and O–H groups in total. The van der Waals surface area contributed by atoms with Crippen LogP contribution in [0.1, 0.15) is 10.5 Å². The van der Waals surface area contributed by atoms with Gasteiger partial charge in [0.15, 0.2) is 11.6 Å². The number of carbonyl (C=O) groups excluding carboxylic acids is 1. The average Bonchev–Trinajstić information content (AvgIpc) is 2.72. The summed E-state index contributed by atoms with van der Waals surface area (Å²) in [7, 11) is 2.64. The van der Waals surface area contributed by atoms with Gasteiger partial charge in [-0.1, -0.05) is 0 Å². The van der Waals surface area contributed by atoms with Crippen molar-refractivity contribution in [3.63, 3.8) is 0 Å². The smallest absolute Gasteiger partial charge is 0.331 e. The number of halogens is 1. The van der Waals surface area contributed by atoms with E-state index in [0.29, 0.717) is 26.3 Å². The number of nitrogens with one attached hydrogen (secondary N) is 1. The fourth-order valence-corrected chi connectivity index (χ4v) is 2.48. The van der Waals surface area contributed by atoms with Gasteiger partial charge in [0.2, 0.25) is 5.95 Å². The van der Waals surface area contributed by atoms with E-state index in [1.54, 1.807) is 4.90 Å². The first-order valence-corrected chi connectivity index (χ1v) is 8.31. The molecule has 1 saturated heterocycles. The number of amides is 1. The van der Waals surface area contributed by atoms with Crippen LogP contribution in [0.5, 0.6) is 0 Å². The quantitative estimate of drug-likeness (QED) is 0.595. The Morgan fingerprint density at radius 1 is 1.28 bits per heavy atom. The third-order valence-corrected chi connectivity index (χ3v) is 4.02. The molecule has 0 bridgehead atoms. The number of morpholine rings is 1. The molecule has 2 aromatic heterocycles. The molecular weight excluding hydrogens is 391 g/mol. The maximum absolute atomic E-state index is 14.0. The lowest BCUT2D eigenvalue weighted by Crippen LogP contribution is -2.40. The van der Waals surface area contributed by atoms with E-state index in [1.807, 2.05) is 0 Å². The van der Waals surface area contributed by atoms with Crippen molar-refractivity contribution >= 4 is 24.1 Å². The Morgan fingerprint density at radius 2 is 1.90 bits per heavy atom. The molecule has 3 heterocycles. The van der Waals surface area contributed by atoms with Gasteiger partial charge in [-0.2, -0.15) is 4.98 Å². The Balaban J connectivity index is 0.000000941. The molecule has 12 nitrogen and oxygen atoms in total. The lowest BCUT2D eigenvalue weighted by atomic mass is 10.3. The molecule has 1 aliphatic heterocycles. The van der Waals surface area contributed by atoms with Crippen molar-refractivity contribution in [2.24, 2.45) is 14.1 Å². The zero-order chi connectivity index (χ0) is 21.6. The van der Waals surface area contributed by atoms with Crippen molar-refractivity contribution in [2.45, 2.75) is 0 Å². The Labute approximate surface area is 163 Å². The highest BCUT2D eigenvalue weighted by Crippen LogP contribution is 2.16. The molecule has 0 radical (unpaired) electrons. The van der Waals surface area contributed by atoms with Crippen LogP contribution in [-0.4, -0.2) is 62.9 Å². The molecule has 1 fully saturated rings. The molecule has 0 unspecified atom stereocenters. The minimum absolute atomic E-state index is 0.205. The molecule has 3 rings (SSSR count). The summed E-state index contributed by atoms with van der Waals surface area (Å²) in [6.07, 6.45) is 0.955. The predicted octanol–water partition coefficient (Wildman–Crippen LogP) is -1.20. The Bertz CT molecular complexity index is 1010. The van der Waals surface area contributed by atoms with Crippen LogP contribution in [0.25, 0.3) is 0 Å². The number of anilines is 2. The minimum Gasteiger partial charge on any atom is -0.483 e. The second-order valence-corrected chi connectivity index (χ2v) is 5.79. The van der Waals surface area contributed by atoms with E-state index in [9.17, 15) is 18.8 Å². The second-order valence-electron chi connectivity index (χ2n) is 5.79. The van der Waals surface area contributed by atoms with Crippen LogP contribution < -0.4 is 21.5 Å². The lowest BCUT2D eigenvalue weighted by molar-refractivity contribution is -0.122. The highest BCUT2D eigenvalue weighted by atomic mass is 19.1. The number of ether oxygens (including phenoxy) is 1. The van der Waals surface area contributed by atoms with E-state index in [4.69, 9.17) is 14.6 Å². The van der Waals surface area contributed by atoms with Gasteiger partial charge < -0.3 is 20.1 Å². The summed E-state index contributed by atoms with van der Waals surface area (Å²) in [6.45, 7) is 1.83. The van der Waals surface area contributed by atoms with Crippen LogP contribution in [0.15, 0.2) is 21.9 Å². The molecular formula is C16H19FN6O6. The summed E-state index contributed by atoms with van der Waals surface area (Å²) in [5.74, 6) is -1.74. The molecule has 0 spiro atoms. The maximum atomic E-state index is 14.0. The van der Waals surface area contributed by atoms with Crippen molar-refractivity contribution in [1.29, 1.82) is 0 Å². The molecule has 0 aliphatic carbocycles. The summed E-state index contributed by atoms with van der Waals surface area (Å²) < 4.78 is 21.1. The first-order valence-electron chi connectivity index (χ1n) is 8.31. The summed E-state index contributed by atoms with van der Waals surface area (Å²) in [6, 6.07) is 0.999. The monoisotopic (exact) mass is 410 g/mol. The van der Waals surface area contributed by atoms with E-state index in [1.165, 1.54) is 14.1 Å². The van der Waals surface area contributed by atoms with Crippen molar-refractivity contribution in [3.8, 4) is 0 Å². The number of nitrogens with zero attached hydrogens (tertiary/aromatic N) is 5. The van der Waals surface area contributed by atoms with Crippen molar-refractivity contribution in [2.75, 3.05) is 36.5 Å². The Kier molecular flexibility index (Phi) is 7.14. The van der Waals surface area contributed by atoms with Gasteiger partial charge in [-0.05, 0) is 0 Å². The minimum atomic E-state index is -0.829. The molecule has 0 saturated carbocycles. The van der Waals surface area contributed by atoms with E-state index < -0.39 is 23.0 Å². The molecule has 1 amide bonds. The normalized spacial score (nSPS) is 13.3. The SMILES string of the molecule is Cn1c(C(=O)Nc2nc(N3CCOCC3)ncc2F)cc(=O)n(C)c1=O.O=CO. The van der Waals surface area contributed by atoms with Crippen molar-refractivity contribution in [1.82, 2.24) is 19.1 Å². The number of carbonyl (C=O) groups is 2. The summed E-state index contributed by atoms with van der Waals surface area (Å²) in [5.41, 5.74) is -1.51. The first kappa shape index (κ1) is 21.7. The van der Waals surface area contributed by atoms with Gasteiger partial charge >= 0.3 is 5.69 Å². The number of aromatic nitrogens is 4. The van der Waals surface area contributed by atoms with Crippen LogP contribution in [0.3, 0.4) is 0 Å². The molecule has 13 heteroatoms. The zero-order valence-electron chi connectivity index (χ0n) is 15.7. The fraction of sp³-hybridized carbons (Fsp3) is 0.375. The van der Waals surface area contributed by atoms with E-state index in [0.717, 1.165) is 21.4 Å². The average molecular weight is 410 g/mol. The van der Waals surface area contributed by atoms with Crippen LogP contribution in [-0.2, 0) is 23.6 Å². The third kappa shape index (κ3) is 5.01. The number of carboxylic acid groups (broad SMARTS) is 1. The largest absolute Gasteiger partial charge is 0.483 e. The van der Waals surface area contributed by atoms with Gasteiger partial charge in [0.25, 0.3) is 17.9 Å². The zero-order valence-corrected chi connectivity index (χ0v) is 15.7. The first-order chi connectivity index (χ1) is 13.8. The molecule has 1 aliphatic rings. The Morgan fingerprint density at radius 3 is 2.52 bits per heavy atom. The van der Waals surface area contributed by atoms with E-state index in [-0.39, 0.29) is 23.9 Å². The van der Waals surface area contributed by atoms with Crippen LogP contribution in [0.4, 0.5) is 16.2 Å². The van der Waals surface area contributed by atoms with Crippen LogP contribution >= 0.6 is 0 Å². The highest BCUT2D eigenvalue weighted by Gasteiger charge is 2.19. The van der Waals surface area contributed by atoms with Gasteiger partial charge in [-0.15, -0.1) is 0 Å². The van der Waals surface area contributed by atoms with E-state index in [2.05, 4.69) is 15.3 Å². The van der Waals surface area contributed by atoms with Crippen molar-refractivity contribution < 1.29 is 23.8 Å². The summed E-state index contributed by atoms with van der Waals surface area (Å²) in [4.78, 5) is 54.2. The predicted molar refractivity (Wildman–Crippen MR) is 98.6 cm³/mol. The fourth-order valence-electron chi connectivity index (χ4n) is 2.48. The van der Waals surface area contributed by atoms with Gasteiger partial charge in [0.05, 0.1) is 19.4 Å². The second kappa shape index (κ2) is 9.54. The summed E-state index contributed by atoms with van der Waals surface area (Å²) >= 11 is 0. The van der Waals surface area contributed by atoms with Crippen molar-refractivity contribution in [3.05, 3.63) is 44.6 Å². The third-order valence-electron chi connectivity index (χ3n) is 4.02. The van der Waals surface area contributed by atoms with E-state index >= 15 is 0 Å². The van der Waals surface area contributed by atoms with Gasteiger partial charge in [0, 0.05) is 33.3 Å². The number of hydrogen-bond acceptors (Lipinski definition) is 8. The highest BCUT2D eigenvalue weighted by molar-refractivity contribution is 6.02. The van der Waals surface area contributed by atoms with Crippen LogP contribution in [0.2, 0.25) is 0 Å². The number of hydrogen-bond donors (Lipinski definition) is 2. The summed E-state index contributed by atoms with van der Waals surface area (Å²) in [5, 5.41) is 9.18. The standard InChI is InChI=1S/C15H17FN6O4.CH2O2/c1-20-10(7-11(23)21(2)15(20)25)13(24)18-12-9(16)8-17-14(19-12)22-3-5-26-6-4-22;2-1-3/h7-8H,3-6H2,1-2H3,(H,17,18,19,24);1H,(H,2,3). The number of rotatable bonds is 3. The van der Waals surface area contributed by atoms with Crippen LogP contribution in [0, 0.1) is 5.82 Å². The molecule has 156 valence electrons. The maximum Gasteiger partial charge on any atom is 0.331 e. The molecule has 0 atom stereocenters. The Hall–Kier alpha value is -3.61.